The van der Waals surface area contributed by atoms with Gasteiger partial charge in [0.1, 0.15) is 28.7 Å². The number of hydrogen-bond donors (Lipinski definition) is 0. The van der Waals surface area contributed by atoms with E-state index in [1.54, 1.807) is 17.4 Å². The molecule has 2 aromatic heterocycles. The highest BCUT2D eigenvalue weighted by Gasteiger charge is 2.50. The lowest BCUT2D eigenvalue weighted by Crippen LogP contribution is -2.65. The molecule has 230 valence electrons. The number of allylic oxidation sites excluding steroid dienone is 1. The molecule has 0 spiro atoms. The molecule has 0 N–H and O–H groups in total. The lowest BCUT2D eigenvalue weighted by Gasteiger charge is -2.54. The standard InChI is InChI=1S/C31H39FN6O5/c1-17-14-37-20(15-36(17)30(39)43-31(2,3)4)26(21-10-8-12-41-21)38-16-22(19-9-7-11-35(19)5)42-29-27(38)25(37)18-13-33-28(40-6)23(32)24(18)34-29/h8,12-13,17,19-20,22H,7,9-11,14-16H2,1-6H3/t17-,19+,20-,22-/m1/s1. The fourth-order valence-electron chi connectivity index (χ4n) is 7.21. The Bertz CT molecular complexity index is 1530. The van der Waals surface area contributed by atoms with Crippen LogP contribution in [0.5, 0.6) is 11.8 Å². The summed E-state index contributed by atoms with van der Waals surface area (Å²) >= 11 is 0. The van der Waals surface area contributed by atoms with Crippen molar-refractivity contribution in [3.8, 4) is 11.8 Å². The van der Waals surface area contributed by atoms with Crippen LogP contribution >= 0.6 is 0 Å². The van der Waals surface area contributed by atoms with Crippen molar-refractivity contribution >= 4 is 28.4 Å². The Kier molecular flexibility index (Phi) is 6.60. The van der Waals surface area contributed by atoms with Gasteiger partial charge in [-0.15, -0.1) is 0 Å². The van der Waals surface area contributed by atoms with E-state index in [1.807, 2.05) is 33.8 Å². The first-order valence-corrected chi connectivity index (χ1v) is 15.1. The lowest BCUT2D eigenvalue weighted by atomic mass is 9.93. The molecule has 43 heavy (non-hydrogen) atoms. The Balaban J connectivity index is 1.43. The van der Waals surface area contributed by atoms with Gasteiger partial charge in [0.2, 0.25) is 11.7 Å². The largest absolute Gasteiger partial charge is 0.479 e. The topological polar surface area (TPSA) is 92.7 Å². The number of likely N-dealkylation sites (N-methyl/N-ethyl adjacent to an activating group) is 1. The van der Waals surface area contributed by atoms with Gasteiger partial charge in [0, 0.05) is 36.6 Å². The van der Waals surface area contributed by atoms with E-state index in [4.69, 9.17) is 23.9 Å². The molecule has 0 aliphatic carbocycles. The zero-order valence-corrected chi connectivity index (χ0v) is 25.6. The average molecular weight is 595 g/mol. The lowest BCUT2D eigenvalue weighted by molar-refractivity contribution is 0.0130. The van der Waals surface area contributed by atoms with Crippen LogP contribution < -0.4 is 19.3 Å². The summed E-state index contributed by atoms with van der Waals surface area (Å²) in [6.07, 6.45) is 7.49. The number of halogens is 1. The second-order valence-electron chi connectivity index (χ2n) is 13.1. The molecular weight excluding hydrogens is 555 g/mol. The highest BCUT2D eigenvalue weighted by atomic mass is 19.1. The number of carbonyl (C=O) groups excluding carboxylic acids is 1. The summed E-state index contributed by atoms with van der Waals surface area (Å²) in [5.41, 5.74) is 2.07. The SMILES string of the molecule is COc1ncc2c3c4c(nc2c1F)O[C@@H]([C@@H]1CCCN1C)CN4C(=C1CC=CO1)[C@H]1CN(C(=O)OC(C)(C)C)[C@H](C)CN31. The molecule has 0 bridgehead atoms. The third kappa shape index (κ3) is 4.52. The van der Waals surface area contributed by atoms with Gasteiger partial charge in [0.15, 0.2) is 0 Å². The van der Waals surface area contributed by atoms with Gasteiger partial charge in [-0.1, -0.05) is 0 Å². The van der Waals surface area contributed by atoms with Crippen molar-refractivity contribution in [3.63, 3.8) is 0 Å². The van der Waals surface area contributed by atoms with Crippen molar-refractivity contribution in [2.75, 3.05) is 50.1 Å². The minimum atomic E-state index is -0.628. The van der Waals surface area contributed by atoms with Crippen molar-refractivity contribution in [3.05, 3.63) is 35.8 Å². The Morgan fingerprint density at radius 2 is 2.00 bits per heavy atom. The Morgan fingerprint density at radius 1 is 1.19 bits per heavy atom. The summed E-state index contributed by atoms with van der Waals surface area (Å²) in [4.78, 5) is 31.2. The summed E-state index contributed by atoms with van der Waals surface area (Å²) in [6, 6.07) is -0.289. The summed E-state index contributed by atoms with van der Waals surface area (Å²) in [6.45, 7) is 10.0. The summed E-state index contributed by atoms with van der Waals surface area (Å²) in [7, 11) is 3.51. The first-order valence-electron chi connectivity index (χ1n) is 15.1. The quantitative estimate of drug-likeness (QED) is 0.498. The Labute approximate surface area is 250 Å². The number of methoxy groups -OCH3 is 1. The zero-order valence-electron chi connectivity index (χ0n) is 25.6. The number of anilines is 2. The number of pyridine rings is 2. The van der Waals surface area contributed by atoms with E-state index in [0.29, 0.717) is 37.3 Å². The minimum Gasteiger partial charge on any atom is -0.479 e. The molecule has 11 nitrogen and oxygen atoms in total. The average Bonchev–Trinajstić information content (AvgIpc) is 3.64. The van der Waals surface area contributed by atoms with E-state index in [1.165, 1.54) is 7.11 Å². The molecule has 1 amide bonds. The zero-order chi connectivity index (χ0) is 30.2. The number of ether oxygens (including phenoxy) is 4. The number of fused-ring (bicyclic) bond motifs is 4. The third-order valence-electron chi connectivity index (χ3n) is 9.11. The van der Waals surface area contributed by atoms with Gasteiger partial charge in [-0.05, 0) is 60.2 Å². The van der Waals surface area contributed by atoms with E-state index in [0.717, 1.165) is 42.2 Å². The monoisotopic (exact) mass is 594 g/mol. The molecule has 0 saturated carbocycles. The molecule has 0 radical (unpaired) electrons. The fourth-order valence-corrected chi connectivity index (χ4v) is 7.21. The number of nitrogens with zero attached hydrogens (tertiary/aromatic N) is 6. The summed E-state index contributed by atoms with van der Waals surface area (Å²) < 4.78 is 39.7. The third-order valence-corrected chi connectivity index (χ3v) is 9.11. The number of aromatic nitrogens is 2. The molecule has 5 aliphatic rings. The van der Waals surface area contributed by atoms with Crippen LogP contribution in [0.4, 0.5) is 20.6 Å². The van der Waals surface area contributed by atoms with Crippen molar-refractivity contribution in [2.45, 2.75) is 76.8 Å². The predicted molar refractivity (Wildman–Crippen MR) is 159 cm³/mol. The molecular formula is C31H39FN6O5. The molecule has 2 aromatic rings. The predicted octanol–water partition coefficient (Wildman–Crippen LogP) is 4.41. The molecule has 2 fully saturated rings. The van der Waals surface area contributed by atoms with Crippen molar-refractivity contribution in [1.29, 1.82) is 0 Å². The molecule has 7 rings (SSSR count). The molecule has 2 saturated heterocycles. The number of amides is 1. The Morgan fingerprint density at radius 3 is 2.67 bits per heavy atom. The summed E-state index contributed by atoms with van der Waals surface area (Å²) in [5, 5.41) is 0.569. The molecule has 0 aromatic carbocycles. The van der Waals surface area contributed by atoms with Crippen LogP contribution in [0.3, 0.4) is 0 Å². The van der Waals surface area contributed by atoms with Gasteiger partial charge in [0.25, 0.3) is 5.88 Å². The molecule has 7 heterocycles. The molecule has 12 heteroatoms. The minimum absolute atomic E-state index is 0.115. The maximum atomic E-state index is 15.8. The normalized spacial score (nSPS) is 28.5. The van der Waals surface area contributed by atoms with Gasteiger partial charge in [-0.25, -0.2) is 14.8 Å². The van der Waals surface area contributed by atoms with Gasteiger partial charge in [-0.3, -0.25) is 4.90 Å². The van der Waals surface area contributed by atoms with Gasteiger partial charge >= 0.3 is 6.09 Å². The van der Waals surface area contributed by atoms with Gasteiger partial charge in [0.05, 0.1) is 43.9 Å². The van der Waals surface area contributed by atoms with Gasteiger partial charge in [-0.2, -0.15) is 4.39 Å². The fraction of sp³-hybridized carbons (Fsp3) is 0.581. The number of likely N-dealkylation sites (tertiary alicyclic amines) is 1. The first-order chi connectivity index (χ1) is 20.6. The highest BCUT2D eigenvalue weighted by molar-refractivity contribution is 6.03. The Hall–Kier alpha value is -3.80. The van der Waals surface area contributed by atoms with Crippen LogP contribution in [0.15, 0.2) is 30.0 Å². The molecule has 0 unspecified atom stereocenters. The smallest absolute Gasteiger partial charge is 0.410 e. The van der Waals surface area contributed by atoms with Crippen molar-refractivity contribution < 1.29 is 28.1 Å². The van der Waals surface area contributed by atoms with Crippen LogP contribution in [0, 0.1) is 5.82 Å². The van der Waals surface area contributed by atoms with E-state index in [9.17, 15) is 4.79 Å². The number of piperazine rings is 1. The van der Waals surface area contributed by atoms with Crippen molar-refractivity contribution in [2.24, 2.45) is 0 Å². The van der Waals surface area contributed by atoms with Gasteiger partial charge < -0.3 is 33.6 Å². The van der Waals surface area contributed by atoms with Crippen LogP contribution in [-0.2, 0) is 9.47 Å². The molecule has 4 atom stereocenters. The van der Waals surface area contributed by atoms with E-state index in [2.05, 4.69) is 26.7 Å². The van der Waals surface area contributed by atoms with Crippen LogP contribution in [0.2, 0.25) is 0 Å². The van der Waals surface area contributed by atoms with E-state index >= 15 is 4.39 Å². The van der Waals surface area contributed by atoms with Crippen molar-refractivity contribution in [1.82, 2.24) is 19.8 Å². The highest BCUT2D eigenvalue weighted by Crippen LogP contribution is 2.54. The maximum Gasteiger partial charge on any atom is 0.410 e. The second-order valence-corrected chi connectivity index (χ2v) is 13.1. The maximum absolute atomic E-state index is 15.8. The number of carbonyl (C=O) groups is 1. The van der Waals surface area contributed by atoms with Crippen LogP contribution in [-0.4, -0.2) is 96.0 Å². The van der Waals surface area contributed by atoms with E-state index in [-0.39, 0.29) is 41.7 Å². The number of rotatable bonds is 2. The molecule has 5 aliphatic heterocycles. The van der Waals surface area contributed by atoms with Crippen LogP contribution in [0.1, 0.15) is 47.0 Å². The first kappa shape index (κ1) is 28.0. The van der Waals surface area contributed by atoms with E-state index < -0.39 is 11.4 Å². The summed E-state index contributed by atoms with van der Waals surface area (Å²) in [5.74, 6) is 0.468. The second kappa shape index (κ2) is 10.1. The van der Waals surface area contributed by atoms with Crippen LogP contribution in [0.25, 0.3) is 10.9 Å². The number of hydrogen-bond acceptors (Lipinski definition) is 10.